The van der Waals surface area contributed by atoms with Gasteiger partial charge in [-0.2, -0.15) is 9.97 Å². The van der Waals surface area contributed by atoms with E-state index in [1.165, 1.54) is 7.11 Å². The van der Waals surface area contributed by atoms with Gasteiger partial charge in [0.25, 0.3) is 0 Å². The number of hydrogen-bond acceptors (Lipinski definition) is 7. The largest absolute Gasteiger partial charge is 0.493 e. The Kier molecular flexibility index (Phi) is 5.16. The highest BCUT2D eigenvalue weighted by atomic mass is 16.6. The summed E-state index contributed by atoms with van der Waals surface area (Å²) in [5.74, 6) is 0.700. The molecule has 27 heavy (non-hydrogen) atoms. The Balaban J connectivity index is 1.99. The Labute approximate surface area is 155 Å². The van der Waals surface area contributed by atoms with Gasteiger partial charge >= 0.3 is 17.4 Å². The summed E-state index contributed by atoms with van der Waals surface area (Å²) in [6.45, 7) is 3.89. The monoisotopic (exact) mass is 367 g/mol. The predicted octanol–water partition coefficient (Wildman–Crippen LogP) is 4.59. The summed E-state index contributed by atoms with van der Waals surface area (Å²) in [6.07, 6.45) is 1.15. The molecule has 3 rings (SSSR count). The second-order valence-corrected chi connectivity index (χ2v) is 5.69. The molecule has 0 aliphatic carbocycles. The normalized spacial score (nSPS) is 10.3. The van der Waals surface area contributed by atoms with Crippen molar-refractivity contribution in [2.75, 3.05) is 7.11 Å². The summed E-state index contributed by atoms with van der Waals surface area (Å²) < 4.78 is 16.5. The summed E-state index contributed by atoms with van der Waals surface area (Å²) in [7, 11) is 1.48. The van der Waals surface area contributed by atoms with Crippen LogP contribution in [0.1, 0.15) is 11.1 Å². The maximum atomic E-state index is 11.6. The third kappa shape index (κ3) is 3.95. The fourth-order valence-corrected chi connectivity index (χ4v) is 2.35. The Morgan fingerprint density at radius 3 is 2.22 bits per heavy atom. The van der Waals surface area contributed by atoms with Crippen molar-refractivity contribution in [3.63, 3.8) is 0 Å². The lowest BCUT2D eigenvalue weighted by Crippen LogP contribution is -2.02. The first-order valence-electron chi connectivity index (χ1n) is 8.05. The minimum Gasteiger partial charge on any atom is -0.493 e. The van der Waals surface area contributed by atoms with E-state index in [1.54, 1.807) is 36.4 Å². The van der Waals surface area contributed by atoms with Crippen molar-refractivity contribution in [2.24, 2.45) is 0 Å². The molecule has 0 atom stereocenters. The predicted molar refractivity (Wildman–Crippen MR) is 97.7 cm³/mol. The zero-order valence-electron chi connectivity index (χ0n) is 15.0. The third-order valence-electron chi connectivity index (χ3n) is 3.91. The number of nitrogens with zero attached hydrogens (tertiary/aromatic N) is 3. The van der Waals surface area contributed by atoms with E-state index in [1.807, 2.05) is 19.9 Å². The average molecular weight is 367 g/mol. The molecule has 0 radical (unpaired) electrons. The molecule has 0 saturated carbocycles. The van der Waals surface area contributed by atoms with Gasteiger partial charge in [-0.15, -0.1) is 0 Å². The van der Waals surface area contributed by atoms with E-state index in [0.717, 1.165) is 17.5 Å². The van der Waals surface area contributed by atoms with Gasteiger partial charge in [-0.3, -0.25) is 10.1 Å². The second-order valence-electron chi connectivity index (χ2n) is 5.69. The first-order valence-corrected chi connectivity index (χ1v) is 8.05. The molecule has 0 aliphatic rings. The smallest absolute Gasteiger partial charge is 0.393 e. The summed E-state index contributed by atoms with van der Waals surface area (Å²) in [4.78, 5) is 18.8. The number of ether oxygens (including phenoxy) is 3. The highest BCUT2D eigenvalue weighted by molar-refractivity contribution is 5.53. The molecule has 2 aromatic carbocycles. The van der Waals surface area contributed by atoms with E-state index in [2.05, 4.69) is 9.97 Å². The average Bonchev–Trinajstić information content (AvgIpc) is 2.65. The number of aromatic nitrogens is 2. The molecule has 0 bridgehead atoms. The molecule has 0 N–H and O–H groups in total. The Hall–Kier alpha value is -3.68. The molecule has 1 aromatic heterocycles. The molecular weight excluding hydrogens is 350 g/mol. The number of para-hydroxylation sites is 2. The summed E-state index contributed by atoms with van der Waals surface area (Å²) in [6, 6.07) is 12.1. The summed E-state index contributed by atoms with van der Waals surface area (Å²) >= 11 is 0. The van der Waals surface area contributed by atoms with Crippen LogP contribution in [0.15, 0.2) is 48.8 Å². The maximum Gasteiger partial charge on any atom is 0.393 e. The van der Waals surface area contributed by atoms with Gasteiger partial charge in [0.2, 0.25) is 0 Å². The van der Waals surface area contributed by atoms with Crippen LogP contribution >= 0.6 is 0 Å². The van der Waals surface area contributed by atoms with Crippen molar-refractivity contribution >= 4 is 5.69 Å². The van der Waals surface area contributed by atoms with Crippen LogP contribution in [0.5, 0.6) is 29.0 Å². The number of benzene rings is 2. The molecule has 0 fully saturated rings. The van der Waals surface area contributed by atoms with Crippen molar-refractivity contribution in [1.82, 2.24) is 9.97 Å². The third-order valence-corrected chi connectivity index (χ3v) is 3.91. The highest BCUT2D eigenvalue weighted by Crippen LogP contribution is 2.39. The van der Waals surface area contributed by atoms with Gasteiger partial charge in [-0.25, -0.2) is 0 Å². The minimum atomic E-state index is -0.638. The first-order chi connectivity index (χ1) is 13.0. The fourth-order valence-electron chi connectivity index (χ4n) is 2.35. The molecule has 0 aliphatic heterocycles. The lowest BCUT2D eigenvalue weighted by atomic mass is 10.1. The van der Waals surface area contributed by atoms with E-state index < -0.39 is 10.6 Å². The quantitative estimate of drug-likeness (QED) is 0.464. The van der Waals surface area contributed by atoms with Gasteiger partial charge in [0.1, 0.15) is 12.1 Å². The lowest BCUT2D eigenvalue weighted by Gasteiger charge is -2.11. The van der Waals surface area contributed by atoms with Crippen molar-refractivity contribution in [3.8, 4) is 29.0 Å². The molecule has 1 heterocycles. The van der Waals surface area contributed by atoms with Crippen molar-refractivity contribution < 1.29 is 19.1 Å². The van der Waals surface area contributed by atoms with E-state index in [4.69, 9.17) is 14.2 Å². The van der Waals surface area contributed by atoms with E-state index in [-0.39, 0.29) is 11.8 Å². The standard InChI is InChI=1S/C19H17N3O5/c1-12-8-9-14(10-13(12)2)26-18-17(22(23)24)19(21-11-20-18)27-16-7-5-4-6-15(16)25-3/h4-11H,1-3H3. The van der Waals surface area contributed by atoms with Crippen LogP contribution in [0.25, 0.3) is 0 Å². The minimum absolute atomic E-state index is 0.205. The number of methoxy groups -OCH3 is 1. The first kappa shape index (κ1) is 18.1. The van der Waals surface area contributed by atoms with Gasteiger partial charge in [-0.05, 0) is 49.2 Å². The molecule has 3 aromatic rings. The van der Waals surface area contributed by atoms with Gasteiger partial charge in [0, 0.05) is 0 Å². The second kappa shape index (κ2) is 7.69. The van der Waals surface area contributed by atoms with Gasteiger partial charge in [0.15, 0.2) is 11.5 Å². The molecule has 0 amide bonds. The molecule has 0 saturated heterocycles. The molecular formula is C19H17N3O5. The molecule has 0 unspecified atom stereocenters. The number of nitro groups is 1. The SMILES string of the molecule is COc1ccccc1Oc1ncnc(Oc2ccc(C)c(C)c2)c1[N+](=O)[O-]. The zero-order valence-corrected chi connectivity index (χ0v) is 15.0. The number of hydrogen-bond donors (Lipinski definition) is 0. The van der Waals surface area contributed by atoms with Crippen LogP contribution in [-0.2, 0) is 0 Å². The van der Waals surface area contributed by atoms with Crippen LogP contribution in [0.4, 0.5) is 5.69 Å². The molecule has 138 valence electrons. The molecule has 8 nitrogen and oxygen atoms in total. The van der Waals surface area contributed by atoms with E-state index in [9.17, 15) is 10.1 Å². The number of rotatable bonds is 6. The van der Waals surface area contributed by atoms with Crippen LogP contribution < -0.4 is 14.2 Å². The van der Waals surface area contributed by atoms with Crippen molar-refractivity contribution in [3.05, 3.63) is 70.0 Å². The van der Waals surface area contributed by atoms with Crippen LogP contribution in [0.2, 0.25) is 0 Å². The van der Waals surface area contributed by atoms with Crippen LogP contribution in [0, 0.1) is 24.0 Å². The Bertz CT molecular complexity index is 991. The number of aryl methyl sites for hydroxylation is 2. The van der Waals surface area contributed by atoms with Gasteiger partial charge in [-0.1, -0.05) is 18.2 Å². The Morgan fingerprint density at radius 2 is 1.59 bits per heavy atom. The topological polar surface area (TPSA) is 96.6 Å². The lowest BCUT2D eigenvalue weighted by molar-refractivity contribution is -0.387. The molecule has 0 spiro atoms. The van der Waals surface area contributed by atoms with E-state index >= 15 is 0 Å². The highest BCUT2D eigenvalue weighted by Gasteiger charge is 2.27. The van der Waals surface area contributed by atoms with Crippen LogP contribution in [-0.4, -0.2) is 22.0 Å². The fraction of sp³-hybridized carbons (Fsp3) is 0.158. The maximum absolute atomic E-state index is 11.6. The van der Waals surface area contributed by atoms with Crippen LogP contribution in [0.3, 0.4) is 0 Å². The van der Waals surface area contributed by atoms with Gasteiger partial charge in [0.05, 0.1) is 12.0 Å². The summed E-state index contributed by atoms with van der Waals surface area (Å²) in [5.41, 5.74) is 1.61. The van der Waals surface area contributed by atoms with Crippen molar-refractivity contribution in [1.29, 1.82) is 0 Å². The summed E-state index contributed by atoms with van der Waals surface area (Å²) in [5, 5.41) is 11.6. The van der Waals surface area contributed by atoms with Gasteiger partial charge < -0.3 is 14.2 Å². The zero-order chi connectivity index (χ0) is 19.4. The Morgan fingerprint density at radius 1 is 0.926 bits per heavy atom. The molecule has 8 heteroatoms. The van der Waals surface area contributed by atoms with Crippen molar-refractivity contribution in [2.45, 2.75) is 13.8 Å². The van der Waals surface area contributed by atoms with E-state index in [0.29, 0.717) is 17.2 Å².